The summed E-state index contributed by atoms with van der Waals surface area (Å²) >= 11 is 0. The van der Waals surface area contributed by atoms with Gasteiger partial charge in [0.05, 0.1) is 49.0 Å². The largest absolute Gasteiger partial charge is 0.464 e. The first kappa shape index (κ1) is 54.5. The molecule has 4 fully saturated rings. The average Bonchev–Trinajstić information content (AvgIpc) is 3.93. The lowest BCUT2D eigenvalue weighted by atomic mass is 9.82. The number of halogens is 3. The first-order valence-electron chi connectivity index (χ1n) is 25.7. The number of nitrogens with zero attached hydrogens (tertiary/aromatic N) is 7. The maximum absolute atomic E-state index is 14.8. The number of ether oxygens (including phenoxy) is 4. The van der Waals surface area contributed by atoms with Crippen LogP contribution in [0.15, 0.2) is 49.2 Å². The van der Waals surface area contributed by atoms with Gasteiger partial charge < -0.3 is 48.4 Å². The monoisotopic (exact) mass is 1040 g/mol. The van der Waals surface area contributed by atoms with E-state index in [2.05, 4.69) is 27.2 Å². The standard InChI is InChI=1S/C53H72F3N9O9/c1-10-43(66)63-28-52(74-31-63)17-20-62(26-33(52)4)50(70)60(8)45(32(2)3)47(67)58-41-24-36-27-61(21-22-72-36)35-15-16-42-38(23-35)39(25-51(6,7)30-73-49(69)40-14-12-19-65(59-40)48(41)68)46(64(42)29-53(54,55)56)37-13-11-18-57-44(37)34(5)71-9/h10-11,13,15-16,18,23,32-34,36,40-41,45,59H,1,12,14,17,19-22,24-31H2,2-9H3,(H,58,67)/t33-,34-,36-,40-,41-,45-,52+/m0/s1. The number of aromatic nitrogens is 2. The summed E-state index contributed by atoms with van der Waals surface area (Å²) in [7, 11) is 3.10. The highest BCUT2D eigenvalue weighted by molar-refractivity contribution is 5.95. The summed E-state index contributed by atoms with van der Waals surface area (Å²) in [5.74, 6) is -2.38. The number of carbonyl (C=O) groups excluding carboxylic acids is 5. The molecule has 4 saturated heterocycles. The minimum atomic E-state index is -4.59. The lowest BCUT2D eigenvalue weighted by Gasteiger charge is -2.45. The van der Waals surface area contributed by atoms with E-state index in [0.717, 1.165) is 5.69 Å². The van der Waals surface area contributed by atoms with E-state index < -0.39 is 71.9 Å². The van der Waals surface area contributed by atoms with Gasteiger partial charge in [-0.2, -0.15) is 13.2 Å². The maximum Gasteiger partial charge on any atom is 0.406 e. The van der Waals surface area contributed by atoms with Gasteiger partial charge in [-0.15, -0.1) is 0 Å². The zero-order valence-electron chi connectivity index (χ0n) is 43.8. The van der Waals surface area contributed by atoms with Gasteiger partial charge >= 0.3 is 18.2 Å². The Kier molecular flexibility index (Phi) is 16.1. The van der Waals surface area contributed by atoms with Crippen LogP contribution in [0.1, 0.15) is 84.6 Å². The van der Waals surface area contributed by atoms with E-state index in [9.17, 15) is 37.1 Å². The lowest BCUT2D eigenvalue weighted by Crippen LogP contribution is -2.63. The molecule has 5 aliphatic rings. The summed E-state index contributed by atoms with van der Waals surface area (Å²) in [6.45, 7) is 15.8. The zero-order chi connectivity index (χ0) is 53.4. The number of likely N-dealkylation sites (N-methyl/N-ethyl adjacent to an activating group) is 1. The smallest absolute Gasteiger partial charge is 0.406 e. The van der Waals surface area contributed by atoms with Gasteiger partial charge in [-0.1, -0.05) is 41.2 Å². The lowest BCUT2D eigenvalue weighted by molar-refractivity contribution is -0.156. The number of cyclic esters (lactones) is 1. The molecule has 404 valence electrons. The van der Waals surface area contributed by atoms with Crippen molar-refractivity contribution >= 4 is 46.3 Å². The number of hydrogen-bond acceptors (Lipinski definition) is 12. The fourth-order valence-electron chi connectivity index (χ4n) is 11.5. The van der Waals surface area contributed by atoms with Crippen LogP contribution >= 0.6 is 0 Å². The molecule has 74 heavy (non-hydrogen) atoms. The second-order valence-electron chi connectivity index (χ2n) is 21.8. The van der Waals surface area contributed by atoms with Gasteiger partial charge in [0.1, 0.15) is 31.4 Å². The molecule has 7 heterocycles. The van der Waals surface area contributed by atoms with Crippen LogP contribution in [0.5, 0.6) is 0 Å². The third-order valence-corrected chi connectivity index (χ3v) is 15.5. The summed E-state index contributed by atoms with van der Waals surface area (Å²) in [6, 6.07) is 5.39. The van der Waals surface area contributed by atoms with Gasteiger partial charge in [-0.3, -0.25) is 29.2 Å². The molecule has 2 N–H and O–H groups in total. The molecule has 0 aliphatic carbocycles. The van der Waals surface area contributed by atoms with Crippen molar-refractivity contribution in [2.45, 2.75) is 122 Å². The Labute approximate surface area is 430 Å². The quantitative estimate of drug-likeness (QED) is 0.194. The average molecular weight is 1040 g/mol. The Hall–Kier alpha value is -5.77. The highest BCUT2D eigenvalue weighted by Crippen LogP contribution is 2.43. The summed E-state index contributed by atoms with van der Waals surface area (Å²) in [5.41, 5.74) is 4.68. The number of amides is 5. The maximum atomic E-state index is 14.8. The molecule has 0 saturated carbocycles. The van der Waals surface area contributed by atoms with Gasteiger partial charge in [0, 0.05) is 93.0 Å². The summed E-state index contributed by atoms with van der Waals surface area (Å²) in [6.07, 6.45) is -1.40. The second-order valence-corrected chi connectivity index (χ2v) is 21.8. The number of piperidine rings is 1. The Bertz CT molecular complexity index is 2610. The molecule has 3 aromatic rings. The van der Waals surface area contributed by atoms with Crippen LogP contribution < -0.4 is 15.6 Å². The molecule has 1 aromatic carbocycles. The van der Waals surface area contributed by atoms with Gasteiger partial charge in [-0.25, -0.2) is 10.2 Å². The Morgan fingerprint density at radius 2 is 1.86 bits per heavy atom. The number of hydrazine groups is 1. The highest BCUT2D eigenvalue weighted by atomic mass is 19.4. The molecule has 8 rings (SSSR count). The van der Waals surface area contributed by atoms with E-state index >= 15 is 0 Å². The molecule has 6 bridgehead atoms. The number of methoxy groups -OCH3 is 1. The number of nitrogens with one attached hydrogen (secondary N) is 2. The van der Waals surface area contributed by atoms with E-state index in [4.69, 9.17) is 18.9 Å². The number of anilines is 1. The summed E-state index contributed by atoms with van der Waals surface area (Å²) in [5, 5.41) is 4.96. The van der Waals surface area contributed by atoms with Crippen molar-refractivity contribution < 1.29 is 56.1 Å². The molecule has 5 aliphatic heterocycles. The number of likely N-dealkylation sites (tertiary alicyclic amines) is 1. The van der Waals surface area contributed by atoms with Crippen molar-refractivity contribution in [3.8, 4) is 11.3 Å². The van der Waals surface area contributed by atoms with Crippen LogP contribution in [0.2, 0.25) is 0 Å². The predicted molar refractivity (Wildman–Crippen MR) is 269 cm³/mol. The van der Waals surface area contributed by atoms with E-state index in [1.165, 1.54) is 27.7 Å². The molecular formula is C53H72F3N9O9. The normalized spacial score (nSPS) is 25.7. The molecule has 0 unspecified atom stereocenters. The number of hydrogen-bond donors (Lipinski definition) is 2. The Balaban J connectivity index is 1.11. The van der Waals surface area contributed by atoms with Gasteiger partial charge in [0.15, 0.2) is 0 Å². The van der Waals surface area contributed by atoms with Crippen molar-refractivity contribution in [2.75, 3.05) is 78.3 Å². The van der Waals surface area contributed by atoms with Crippen molar-refractivity contribution in [1.29, 1.82) is 0 Å². The summed E-state index contributed by atoms with van der Waals surface area (Å²) < 4.78 is 69.8. The molecule has 18 nitrogen and oxygen atoms in total. The molecule has 21 heteroatoms. The molecule has 7 atom stereocenters. The van der Waals surface area contributed by atoms with Crippen LogP contribution in [-0.2, 0) is 51.1 Å². The zero-order valence-corrected chi connectivity index (χ0v) is 43.8. The van der Waals surface area contributed by atoms with Crippen LogP contribution in [-0.4, -0.2) is 168 Å². The van der Waals surface area contributed by atoms with Crippen LogP contribution in [0, 0.1) is 17.3 Å². The van der Waals surface area contributed by atoms with Crippen molar-refractivity contribution in [3.63, 3.8) is 0 Å². The SMILES string of the molecule is C=CC(=O)N1CO[C@]2(CCN(C(=O)N(C)[C@H](C(=O)N[C@H]3C[C@H]4CN(CCO4)c4ccc5c(c4)c(c(-c4cccnc4[C@H](C)OC)n5CC(F)(F)F)CC(C)(C)COC(=O)[C@@H]4CCCN(N4)C3=O)C(C)C)C[C@@H]2C)C1. The molecule has 0 radical (unpaired) electrons. The number of benzene rings is 1. The number of esters is 1. The topological polar surface area (TPSA) is 180 Å². The number of carbonyl (C=O) groups is 5. The number of rotatable bonds is 9. The predicted octanol–water partition coefficient (Wildman–Crippen LogP) is 5.83. The van der Waals surface area contributed by atoms with Crippen LogP contribution in [0.4, 0.5) is 23.7 Å². The van der Waals surface area contributed by atoms with Crippen molar-refractivity contribution in [3.05, 3.63) is 60.4 Å². The third kappa shape index (κ3) is 11.4. The molecular weight excluding hydrogens is 964 g/mol. The molecule has 1 spiro atoms. The van der Waals surface area contributed by atoms with E-state index in [0.29, 0.717) is 78.9 Å². The third-order valence-electron chi connectivity index (χ3n) is 15.5. The second kappa shape index (κ2) is 21.8. The minimum Gasteiger partial charge on any atom is -0.464 e. The van der Waals surface area contributed by atoms with Crippen molar-refractivity contribution in [1.82, 2.24) is 40.0 Å². The van der Waals surface area contributed by atoms with Gasteiger partial charge in [-0.05, 0) is 80.5 Å². The first-order chi connectivity index (χ1) is 35.0. The molecule has 5 amide bonds. The number of fused-ring (bicyclic) bond motifs is 6. The minimum absolute atomic E-state index is 0.0171. The summed E-state index contributed by atoms with van der Waals surface area (Å²) in [4.78, 5) is 81.6. The number of morpholine rings is 1. The van der Waals surface area contributed by atoms with E-state index in [1.54, 1.807) is 54.2 Å². The van der Waals surface area contributed by atoms with E-state index in [1.807, 2.05) is 40.7 Å². The van der Waals surface area contributed by atoms with Crippen LogP contribution in [0.25, 0.3) is 22.2 Å². The number of urea groups is 1. The fraction of sp³-hybridized carbons (Fsp3) is 0.623. The van der Waals surface area contributed by atoms with Gasteiger partial charge in [0.25, 0.3) is 5.91 Å². The van der Waals surface area contributed by atoms with Crippen LogP contribution in [0.3, 0.4) is 0 Å². The number of pyridine rings is 1. The van der Waals surface area contributed by atoms with E-state index in [-0.39, 0.29) is 69.6 Å². The first-order valence-corrected chi connectivity index (χ1v) is 25.7. The molecule has 2 aromatic heterocycles. The fourth-order valence-corrected chi connectivity index (χ4v) is 11.5. The Morgan fingerprint density at radius 1 is 1.09 bits per heavy atom. The highest BCUT2D eigenvalue weighted by Gasteiger charge is 2.50. The Morgan fingerprint density at radius 3 is 2.57 bits per heavy atom. The van der Waals surface area contributed by atoms with Gasteiger partial charge in [0.2, 0.25) is 11.8 Å². The van der Waals surface area contributed by atoms with Crippen molar-refractivity contribution in [2.24, 2.45) is 17.3 Å². The number of alkyl halides is 3.